The first-order valence-electron chi connectivity index (χ1n) is 5.76. The Morgan fingerprint density at radius 1 is 1.19 bits per heavy atom. The van der Waals surface area contributed by atoms with Gasteiger partial charge in [0.1, 0.15) is 0 Å². The van der Waals surface area contributed by atoms with Crippen LogP contribution in [0.5, 0.6) is 0 Å². The second-order valence-corrected chi connectivity index (χ2v) is 5.04. The number of aliphatic hydroxyl groups excluding tert-OH is 1. The zero-order chi connectivity index (χ0) is 12.0. The second-order valence-electron chi connectivity index (χ2n) is 4.13. The van der Waals surface area contributed by atoms with Gasteiger partial charge in [-0.25, -0.2) is 0 Å². The van der Waals surface area contributed by atoms with Gasteiger partial charge in [0, 0.05) is 16.6 Å². The van der Waals surface area contributed by atoms with Crippen molar-refractivity contribution in [3.63, 3.8) is 0 Å². The molecule has 3 heteroatoms. The van der Waals surface area contributed by atoms with Gasteiger partial charge in [-0.05, 0) is 30.5 Å². The van der Waals surface area contributed by atoms with Crippen LogP contribution in [0, 0.1) is 0 Å². The quantitative estimate of drug-likeness (QED) is 0.842. The van der Waals surface area contributed by atoms with E-state index in [2.05, 4.69) is 47.2 Å². The molecule has 0 bridgehead atoms. The number of halogens is 1. The summed E-state index contributed by atoms with van der Waals surface area (Å²) in [4.78, 5) is 0. The van der Waals surface area contributed by atoms with Gasteiger partial charge in [-0.1, -0.05) is 41.9 Å². The van der Waals surface area contributed by atoms with Crippen molar-refractivity contribution >= 4 is 15.9 Å². The summed E-state index contributed by atoms with van der Waals surface area (Å²) in [5.41, 5.74) is 1.11. The molecule has 0 saturated heterocycles. The van der Waals surface area contributed by atoms with E-state index in [0.717, 1.165) is 23.9 Å². The van der Waals surface area contributed by atoms with Crippen LogP contribution in [0.3, 0.4) is 0 Å². The summed E-state index contributed by atoms with van der Waals surface area (Å²) in [6, 6.07) is 8.25. The minimum atomic E-state index is -0.132. The Hall–Kier alpha value is -0.380. The molecule has 0 heterocycles. The second kappa shape index (κ2) is 6.38. The Balaban J connectivity index is 2.58. The normalized spacial score (nSPS) is 11.8. The molecule has 1 aromatic rings. The number of aliphatic hydroxyl groups is 1. The molecule has 0 amide bonds. The molecule has 1 aromatic carbocycles. The van der Waals surface area contributed by atoms with Gasteiger partial charge in [0.15, 0.2) is 0 Å². The first-order chi connectivity index (χ1) is 7.65. The summed E-state index contributed by atoms with van der Waals surface area (Å²) in [6.07, 6.45) is 1.88. The molecule has 2 N–H and O–H groups in total. The fourth-order valence-electron chi connectivity index (χ4n) is 1.67. The molecule has 0 aliphatic rings. The molecule has 0 atom stereocenters. The average Bonchev–Trinajstić information content (AvgIpc) is 2.34. The lowest BCUT2D eigenvalue weighted by atomic mass is 9.93. The zero-order valence-electron chi connectivity index (χ0n) is 9.96. The number of benzene rings is 1. The van der Waals surface area contributed by atoms with E-state index in [-0.39, 0.29) is 12.1 Å². The lowest BCUT2D eigenvalue weighted by Crippen LogP contribution is -2.47. The van der Waals surface area contributed by atoms with Crippen LogP contribution < -0.4 is 5.32 Å². The summed E-state index contributed by atoms with van der Waals surface area (Å²) >= 11 is 3.42. The smallest absolute Gasteiger partial charge is 0.0613 e. The van der Waals surface area contributed by atoms with E-state index in [0.29, 0.717) is 0 Å². The maximum Gasteiger partial charge on any atom is 0.0613 e. The fraction of sp³-hybridized carbons (Fsp3) is 0.538. The third-order valence-electron chi connectivity index (χ3n) is 3.24. The summed E-state index contributed by atoms with van der Waals surface area (Å²) < 4.78 is 1.09. The SMILES string of the molecule is CCC(CC)(CO)NCc1ccc(Br)cc1. The van der Waals surface area contributed by atoms with E-state index in [1.807, 2.05) is 12.1 Å². The summed E-state index contributed by atoms with van der Waals surface area (Å²) in [6.45, 7) is 5.20. The van der Waals surface area contributed by atoms with Gasteiger partial charge in [-0.3, -0.25) is 0 Å². The van der Waals surface area contributed by atoms with Gasteiger partial charge >= 0.3 is 0 Å². The van der Waals surface area contributed by atoms with Crippen LogP contribution in [0.4, 0.5) is 0 Å². The molecule has 0 unspecified atom stereocenters. The molecule has 0 spiro atoms. The van der Waals surface area contributed by atoms with Gasteiger partial charge < -0.3 is 10.4 Å². The third-order valence-corrected chi connectivity index (χ3v) is 3.77. The van der Waals surface area contributed by atoms with E-state index in [9.17, 15) is 5.11 Å². The van der Waals surface area contributed by atoms with Crippen LogP contribution in [0.1, 0.15) is 32.3 Å². The summed E-state index contributed by atoms with van der Waals surface area (Å²) in [5, 5.41) is 12.9. The van der Waals surface area contributed by atoms with E-state index in [4.69, 9.17) is 0 Å². The molecular weight excluding hydrogens is 266 g/mol. The minimum absolute atomic E-state index is 0.132. The number of hydrogen-bond acceptors (Lipinski definition) is 2. The van der Waals surface area contributed by atoms with Crippen molar-refractivity contribution in [2.45, 2.75) is 38.8 Å². The fourth-order valence-corrected chi connectivity index (χ4v) is 1.94. The molecule has 90 valence electrons. The Kier molecular flexibility index (Phi) is 5.46. The van der Waals surface area contributed by atoms with Crippen molar-refractivity contribution in [3.05, 3.63) is 34.3 Å². The predicted octanol–water partition coefficient (Wildman–Crippen LogP) is 3.09. The van der Waals surface area contributed by atoms with Crippen molar-refractivity contribution in [1.29, 1.82) is 0 Å². The van der Waals surface area contributed by atoms with Gasteiger partial charge in [0.05, 0.1) is 6.61 Å². The maximum atomic E-state index is 9.43. The summed E-state index contributed by atoms with van der Waals surface area (Å²) in [5.74, 6) is 0. The van der Waals surface area contributed by atoms with Crippen molar-refractivity contribution in [2.24, 2.45) is 0 Å². The standard InChI is InChI=1S/C13H20BrNO/c1-3-13(4-2,10-16)15-9-11-5-7-12(14)8-6-11/h5-8,15-16H,3-4,9-10H2,1-2H3. The topological polar surface area (TPSA) is 32.3 Å². The third kappa shape index (κ3) is 3.58. The molecule has 0 fully saturated rings. The Morgan fingerprint density at radius 3 is 2.19 bits per heavy atom. The molecule has 1 rings (SSSR count). The number of rotatable bonds is 6. The highest BCUT2D eigenvalue weighted by molar-refractivity contribution is 9.10. The first-order valence-corrected chi connectivity index (χ1v) is 6.55. The Labute approximate surface area is 106 Å². The van der Waals surface area contributed by atoms with E-state index >= 15 is 0 Å². The zero-order valence-corrected chi connectivity index (χ0v) is 11.5. The molecule has 2 nitrogen and oxygen atoms in total. The lowest BCUT2D eigenvalue weighted by molar-refractivity contribution is 0.149. The van der Waals surface area contributed by atoms with E-state index in [1.165, 1.54) is 5.56 Å². The number of nitrogens with one attached hydrogen (secondary N) is 1. The molecular formula is C13H20BrNO. The van der Waals surface area contributed by atoms with Gasteiger partial charge in [0.2, 0.25) is 0 Å². The maximum absolute atomic E-state index is 9.43. The van der Waals surface area contributed by atoms with Crippen LogP contribution in [0.25, 0.3) is 0 Å². The van der Waals surface area contributed by atoms with E-state index in [1.54, 1.807) is 0 Å². The Bertz CT molecular complexity index is 298. The lowest BCUT2D eigenvalue weighted by Gasteiger charge is -2.31. The molecule has 0 aliphatic heterocycles. The molecule has 0 aromatic heterocycles. The molecule has 0 radical (unpaired) electrons. The highest BCUT2D eigenvalue weighted by Gasteiger charge is 2.23. The van der Waals surface area contributed by atoms with Crippen molar-refractivity contribution in [2.75, 3.05) is 6.61 Å². The van der Waals surface area contributed by atoms with E-state index < -0.39 is 0 Å². The highest BCUT2D eigenvalue weighted by Crippen LogP contribution is 2.16. The van der Waals surface area contributed by atoms with Crippen molar-refractivity contribution < 1.29 is 5.11 Å². The monoisotopic (exact) mass is 285 g/mol. The molecule has 0 aliphatic carbocycles. The van der Waals surface area contributed by atoms with Gasteiger partial charge in [-0.2, -0.15) is 0 Å². The van der Waals surface area contributed by atoms with Crippen molar-refractivity contribution in [1.82, 2.24) is 5.32 Å². The van der Waals surface area contributed by atoms with Gasteiger partial charge in [0.25, 0.3) is 0 Å². The predicted molar refractivity (Wildman–Crippen MR) is 71.4 cm³/mol. The van der Waals surface area contributed by atoms with Crippen LogP contribution >= 0.6 is 15.9 Å². The summed E-state index contributed by atoms with van der Waals surface area (Å²) in [7, 11) is 0. The van der Waals surface area contributed by atoms with Crippen LogP contribution in [0.2, 0.25) is 0 Å². The molecule has 0 saturated carbocycles. The van der Waals surface area contributed by atoms with Crippen LogP contribution in [0.15, 0.2) is 28.7 Å². The number of hydrogen-bond donors (Lipinski definition) is 2. The first kappa shape index (κ1) is 13.7. The minimum Gasteiger partial charge on any atom is -0.394 e. The molecule has 16 heavy (non-hydrogen) atoms. The largest absolute Gasteiger partial charge is 0.394 e. The van der Waals surface area contributed by atoms with Gasteiger partial charge in [-0.15, -0.1) is 0 Å². The average molecular weight is 286 g/mol. The highest BCUT2D eigenvalue weighted by atomic mass is 79.9. The Morgan fingerprint density at radius 2 is 1.75 bits per heavy atom. The van der Waals surface area contributed by atoms with Crippen LogP contribution in [-0.2, 0) is 6.54 Å². The van der Waals surface area contributed by atoms with Crippen molar-refractivity contribution in [3.8, 4) is 0 Å². The van der Waals surface area contributed by atoms with Crippen LogP contribution in [-0.4, -0.2) is 17.3 Å².